The lowest BCUT2D eigenvalue weighted by atomic mass is 10.2. The minimum atomic E-state index is -0.107. The van der Waals surface area contributed by atoms with E-state index in [2.05, 4.69) is 10.3 Å². The maximum absolute atomic E-state index is 11.9. The monoisotopic (exact) mass is 335 g/mol. The molecule has 3 rings (SSSR count). The number of imidazole rings is 1. The van der Waals surface area contributed by atoms with Crippen LogP contribution < -0.4 is 10.1 Å². The van der Waals surface area contributed by atoms with E-state index in [1.165, 1.54) is 0 Å². The number of hydrogen-bond donors (Lipinski definition) is 1. The highest BCUT2D eigenvalue weighted by atomic mass is 16.5. The van der Waals surface area contributed by atoms with Crippen LogP contribution in [0.25, 0.3) is 17.1 Å². The second-order valence-electron chi connectivity index (χ2n) is 5.73. The number of fused-ring (bicyclic) bond motifs is 1. The fraction of sp³-hybridized carbons (Fsp3) is 0.200. The molecular formula is C20H21N3O2. The first-order chi connectivity index (χ1) is 12.2. The summed E-state index contributed by atoms with van der Waals surface area (Å²) in [6, 6.07) is 15.6. The zero-order valence-electron chi connectivity index (χ0n) is 14.4. The molecule has 0 spiro atoms. The maximum atomic E-state index is 11.9. The number of carbonyl (C=O) groups is 1. The minimum Gasteiger partial charge on any atom is -0.497 e. The Hall–Kier alpha value is -3.08. The van der Waals surface area contributed by atoms with Crippen molar-refractivity contribution in [3.05, 3.63) is 66.0 Å². The molecule has 0 bridgehead atoms. The molecule has 2 aromatic carbocycles. The summed E-state index contributed by atoms with van der Waals surface area (Å²) in [6.45, 7) is 0.534. The SMILES string of the molecule is COc1ccc2c(c1)nc(CCNC(=O)/C=C/c1ccccc1)n2C. The molecule has 0 aliphatic heterocycles. The van der Waals surface area contributed by atoms with Crippen LogP contribution in [0.3, 0.4) is 0 Å². The van der Waals surface area contributed by atoms with Crippen molar-refractivity contribution in [2.24, 2.45) is 7.05 Å². The molecule has 1 heterocycles. The van der Waals surface area contributed by atoms with Crippen LogP contribution in [0.5, 0.6) is 5.75 Å². The van der Waals surface area contributed by atoms with Crippen LogP contribution >= 0.6 is 0 Å². The summed E-state index contributed by atoms with van der Waals surface area (Å²) in [5, 5.41) is 2.89. The number of nitrogens with zero attached hydrogens (tertiary/aromatic N) is 2. The van der Waals surface area contributed by atoms with E-state index in [1.807, 2.05) is 60.1 Å². The fourth-order valence-electron chi connectivity index (χ4n) is 2.67. The van der Waals surface area contributed by atoms with Gasteiger partial charge in [-0.05, 0) is 23.8 Å². The van der Waals surface area contributed by atoms with Crippen molar-refractivity contribution in [3.63, 3.8) is 0 Å². The molecule has 1 aromatic heterocycles. The van der Waals surface area contributed by atoms with E-state index in [9.17, 15) is 4.79 Å². The zero-order chi connectivity index (χ0) is 17.6. The van der Waals surface area contributed by atoms with Gasteiger partial charge in [-0.15, -0.1) is 0 Å². The number of nitrogens with one attached hydrogen (secondary N) is 1. The number of hydrogen-bond acceptors (Lipinski definition) is 3. The van der Waals surface area contributed by atoms with Crippen LogP contribution in [0.4, 0.5) is 0 Å². The minimum absolute atomic E-state index is 0.107. The number of benzene rings is 2. The van der Waals surface area contributed by atoms with E-state index in [0.717, 1.165) is 28.2 Å². The van der Waals surface area contributed by atoms with Gasteiger partial charge in [0.2, 0.25) is 5.91 Å². The smallest absolute Gasteiger partial charge is 0.244 e. The van der Waals surface area contributed by atoms with Crippen LogP contribution in [0, 0.1) is 0 Å². The Bertz CT molecular complexity index is 898. The number of aromatic nitrogens is 2. The molecule has 0 saturated carbocycles. The second kappa shape index (κ2) is 7.66. The topological polar surface area (TPSA) is 56.1 Å². The summed E-state index contributed by atoms with van der Waals surface area (Å²) < 4.78 is 7.28. The average molecular weight is 335 g/mol. The standard InChI is InChI=1S/C20H21N3O2/c1-23-18-10-9-16(25-2)14-17(18)22-19(23)12-13-21-20(24)11-8-15-6-4-3-5-7-15/h3-11,14H,12-13H2,1-2H3,(H,21,24)/b11-8+. The van der Waals surface area contributed by atoms with Gasteiger partial charge < -0.3 is 14.6 Å². The average Bonchev–Trinajstić information content (AvgIpc) is 2.96. The highest BCUT2D eigenvalue weighted by Crippen LogP contribution is 2.20. The van der Waals surface area contributed by atoms with Gasteiger partial charge in [-0.25, -0.2) is 4.98 Å². The van der Waals surface area contributed by atoms with Crippen molar-refractivity contribution in [1.82, 2.24) is 14.9 Å². The normalized spacial score (nSPS) is 11.1. The van der Waals surface area contributed by atoms with Gasteiger partial charge in [0.25, 0.3) is 0 Å². The second-order valence-corrected chi connectivity index (χ2v) is 5.73. The summed E-state index contributed by atoms with van der Waals surface area (Å²) >= 11 is 0. The molecule has 1 N–H and O–H groups in total. The molecule has 0 atom stereocenters. The molecule has 0 saturated heterocycles. The fourth-order valence-corrected chi connectivity index (χ4v) is 2.67. The molecule has 3 aromatic rings. The number of rotatable bonds is 6. The summed E-state index contributed by atoms with van der Waals surface area (Å²) in [5.41, 5.74) is 2.94. The lowest BCUT2D eigenvalue weighted by Crippen LogP contribution is -2.24. The quantitative estimate of drug-likeness (QED) is 0.705. The van der Waals surface area contributed by atoms with Gasteiger partial charge in [-0.2, -0.15) is 0 Å². The summed E-state index contributed by atoms with van der Waals surface area (Å²) in [7, 11) is 3.62. The van der Waals surface area contributed by atoms with Crippen molar-refractivity contribution in [3.8, 4) is 5.75 Å². The molecule has 5 nitrogen and oxygen atoms in total. The molecule has 128 valence electrons. The van der Waals surface area contributed by atoms with Gasteiger partial charge in [0.1, 0.15) is 11.6 Å². The number of amides is 1. The van der Waals surface area contributed by atoms with Crippen LogP contribution in [0.15, 0.2) is 54.6 Å². The first-order valence-electron chi connectivity index (χ1n) is 8.17. The van der Waals surface area contributed by atoms with E-state index < -0.39 is 0 Å². The highest BCUT2D eigenvalue weighted by molar-refractivity contribution is 5.91. The van der Waals surface area contributed by atoms with Crippen molar-refractivity contribution in [1.29, 1.82) is 0 Å². The van der Waals surface area contributed by atoms with Crippen LogP contribution in [-0.2, 0) is 18.3 Å². The zero-order valence-corrected chi connectivity index (χ0v) is 14.4. The van der Waals surface area contributed by atoms with E-state index in [4.69, 9.17) is 4.74 Å². The lowest BCUT2D eigenvalue weighted by molar-refractivity contribution is -0.116. The number of methoxy groups -OCH3 is 1. The summed E-state index contributed by atoms with van der Waals surface area (Å²) in [5.74, 6) is 1.61. The van der Waals surface area contributed by atoms with Crippen molar-refractivity contribution >= 4 is 23.0 Å². The van der Waals surface area contributed by atoms with Crippen LogP contribution in [0.1, 0.15) is 11.4 Å². The van der Waals surface area contributed by atoms with Crippen molar-refractivity contribution < 1.29 is 9.53 Å². The Balaban J connectivity index is 1.58. The third-order valence-corrected chi connectivity index (χ3v) is 4.06. The van der Waals surface area contributed by atoms with E-state index in [0.29, 0.717) is 13.0 Å². The van der Waals surface area contributed by atoms with E-state index in [-0.39, 0.29) is 5.91 Å². The predicted octanol–water partition coefficient (Wildman–Crippen LogP) is 2.95. The molecule has 0 aliphatic rings. The largest absolute Gasteiger partial charge is 0.497 e. The molecule has 0 unspecified atom stereocenters. The molecule has 5 heteroatoms. The first-order valence-corrected chi connectivity index (χ1v) is 8.17. The molecule has 0 fully saturated rings. The third kappa shape index (κ3) is 4.07. The van der Waals surface area contributed by atoms with Crippen molar-refractivity contribution in [2.75, 3.05) is 13.7 Å². The van der Waals surface area contributed by atoms with E-state index >= 15 is 0 Å². The van der Waals surface area contributed by atoms with Gasteiger partial charge in [0.05, 0.1) is 18.1 Å². The molecular weight excluding hydrogens is 314 g/mol. The van der Waals surface area contributed by atoms with Gasteiger partial charge in [0.15, 0.2) is 0 Å². The summed E-state index contributed by atoms with van der Waals surface area (Å²) in [6.07, 6.45) is 4.02. The Morgan fingerprint density at radius 2 is 2.04 bits per heavy atom. The van der Waals surface area contributed by atoms with Gasteiger partial charge in [-0.3, -0.25) is 4.79 Å². The maximum Gasteiger partial charge on any atom is 0.244 e. The van der Waals surface area contributed by atoms with Crippen LogP contribution in [-0.4, -0.2) is 29.1 Å². The number of carbonyl (C=O) groups excluding carboxylic acids is 1. The molecule has 1 amide bonds. The van der Waals surface area contributed by atoms with Gasteiger partial charge in [-0.1, -0.05) is 30.3 Å². The number of aryl methyl sites for hydroxylation is 1. The van der Waals surface area contributed by atoms with Crippen molar-refractivity contribution in [2.45, 2.75) is 6.42 Å². The third-order valence-electron chi connectivity index (χ3n) is 4.06. The molecule has 0 radical (unpaired) electrons. The predicted molar refractivity (Wildman–Crippen MR) is 99.5 cm³/mol. The summed E-state index contributed by atoms with van der Waals surface area (Å²) in [4.78, 5) is 16.5. The Labute approximate surface area is 146 Å². The van der Waals surface area contributed by atoms with E-state index in [1.54, 1.807) is 19.3 Å². The Morgan fingerprint density at radius 1 is 1.24 bits per heavy atom. The first kappa shape index (κ1) is 16.8. The highest BCUT2D eigenvalue weighted by Gasteiger charge is 2.08. The number of ether oxygens (including phenoxy) is 1. The van der Waals surface area contributed by atoms with Crippen LogP contribution in [0.2, 0.25) is 0 Å². The molecule has 25 heavy (non-hydrogen) atoms. The Kier molecular flexibility index (Phi) is 5.14. The Morgan fingerprint density at radius 3 is 2.80 bits per heavy atom. The van der Waals surface area contributed by atoms with Gasteiger partial charge >= 0.3 is 0 Å². The van der Waals surface area contributed by atoms with Gasteiger partial charge in [0, 0.05) is 32.2 Å². The molecule has 0 aliphatic carbocycles. The lowest BCUT2D eigenvalue weighted by Gasteiger charge is -2.03.